The second-order valence-corrected chi connectivity index (χ2v) is 8.81. The number of nitrogens with one attached hydrogen (secondary N) is 1. The van der Waals surface area contributed by atoms with Crippen LogP contribution in [0.5, 0.6) is 17.2 Å². The molecule has 0 unspecified atom stereocenters. The fraction of sp³-hybridized carbons (Fsp3) is 0.423. The van der Waals surface area contributed by atoms with E-state index in [2.05, 4.69) is 21.2 Å². The SMILES string of the molecule is CCOC(=O)[C@@H]1C(=O)NC(N2CCN(Cc3ccc4c(c3)OCO4)CC2)=N[C@@H]1c1ccccc1OC. The highest BCUT2D eigenvalue weighted by molar-refractivity contribution is 6.08. The van der Waals surface area contributed by atoms with E-state index in [9.17, 15) is 9.59 Å². The molecule has 3 aliphatic rings. The highest BCUT2D eigenvalue weighted by Gasteiger charge is 2.43. The Labute approximate surface area is 209 Å². The van der Waals surface area contributed by atoms with Gasteiger partial charge < -0.3 is 23.8 Å². The number of aliphatic imine (C=N–C) groups is 1. The fourth-order valence-corrected chi connectivity index (χ4v) is 4.77. The first-order chi connectivity index (χ1) is 17.6. The molecule has 10 heteroatoms. The zero-order valence-corrected chi connectivity index (χ0v) is 20.4. The van der Waals surface area contributed by atoms with E-state index in [1.807, 2.05) is 30.3 Å². The van der Waals surface area contributed by atoms with Crippen molar-refractivity contribution in [2.75, 3.05) is 46.7 Å². The fourth-order valence-electron chi connectivity index (χ4n) is 4.77. The number of piperazine rings is 1. The minimum Gasteiger partial charge on any atom is -0.496 e. The van der Waals surface area contributed by atoms with Gasteiger partial charge in [0.1, 0.15) is 11.8 Å². The number of hydrogen-bond acceptors (Lipinski definition) is 9. The molecule has 3 heterocycles. The van der Waals surface area contributed by atoms with Gasteiger partial charge in [0.2, 0.25) is 18.7 Å². The third-order valence-electron chi connectivity index (χ3n) is 6.61. The average Bonchev–Trinajstić information content (AvgIpc) is 3.37. The zero-order valence-electron chi connectivity index (χ0n) is 20.4. The summed E-state index contributed by atoms with van der Waals surface area (Å²) in [6, 6.07) is 12.6. The zero-order chi connectivity index (χ0) is 25.1. The summed E-state index contributed by atoms with van der Waals surface area (Å²) >= 11 is 0. The molecule has 0 aliphatic carbocycles. The Hall–Kier alpha value is -3.79. The number of methoxy groups -OCH3 is 1. The topological polar surface area (TPSA) is 102 Å². The lowest BCUT2D eigenvalue weighted by Gasteiger charge is -2.39. The maximum Gasteiger partial charge on any atom is 0.321 e. The van der Waals surface area contributed by atoms with Crippen LogP contribution in [0.4, 0.5) is 0 Å². The van der Waals surface area contributed by atoms with E-state index >= 15 is 0 Å². The number of hydrogen-bond donors (Lipinski definition) is 1. The molecule has 3 aliphatic heterocycles. The van der Waals surface area contributed by atoms with E-state index < -0.39 is 23.8 Å². The van der Waals surface area contributed by atoms with Gasteiger partial charge in [-0.15, -0.1) is 0 Å². The van der Waals surface area contributed by atoms with E-state index in [1.165, 1.54) is 0 Å². The number of carbonyl (C=O) groups is 2. The highest BCUT2D eigenvalue weighted by Crippen LogP contribution is 2.36. The monoisotopic (exact) mass is 494 g/mol. The predicted molar refractivity (Wildman–Crippen MR) is 131 cm³/mol. The Morgan fingerprint density at radius 3 is 2.67 bits per heavy atom. The summed E-state index contributed by atoms with van der Waals surface area (Å²) in [4.78, 5) is 35.1. The first-order valence-corrected chi connectivity index (χ1v) is 12.1. The lowest BCUT2D eigenvalue weighted by molar-refractivity contribution is -0.153. The number of para-hydroxylation sites is 1. The van der Waals surface area contributed by atoms with Gasteiger partial charge in [0.15, 0.2) is 17.4 Å². The summed E-state index contributed by atoms with van der Waals surface area (Å²) < 4.78 is 21.6. The van der Waals surface area contributed by atoms with Gasteiger partial charge in [-0.05, 0) is 30.7 Å². The van der Waals surface area contributed by atoms with Crippen molar-refractivity contribution in [2.45, 2.75) is 19.5 Å². The molecule has 0 spiro atoms. The van der Waals surface area contributed by atoms with Crippen LogP contribution in [0.25, 0.3) is 0 Å². The van der Waals surface area contributed by atoms with Crippen LogP contribution in [-0.2, 0) is 20.9 Å². The van der Waals surface area contributed by atoms with Gasteiger partial charge in [0, 0.05) is 38.3 Å². The molecule has 1 amide bonds. The third kappa shape index (κ3) is 4.81. The van der Waals surface area contributed by atoms with Crippen molar-refractivity contribution in [1.29, 1.82) is 0 Å². The molecular weight excluding hydrogens is 464 g/mol. The normalized spacial score (nSPS) is 21.6. The molecule has 1 saturated heterocycles. The van der Waals surface area contributed by atoms with Gasteiger partial charge in [0.05, 0.1) is 13.7 Å². The van der Waals surface area contributed by atoms with Crippen molar-refractivity contribution in [2.24, 2.45) is 10.9 Å². The molecule has 0 aromatic heterocycles. The van der Waals surface area contributed by atoms with Gasteiger partial charge in [-0.2, -0.15) is 0 Å². The van der Waals surface area contributed by atoms with Gasteiger partial charge in [-0.25, -0.2) is 4.99 Å². The summed E-state index contributed by atoms with van der Waals surface area (Å²) in [7, 11) is 1.56. The number of carbonyl (C=O) groups excluding carboxylic acids is 2. The van der Waals surface area contributed by atoms with Gasteiger partial charge >= 0.3 is 5.97 Å². The molecule has 1 N–H and O–H groups in total. The number of esters is 1. The van der Waals surface area contributed by atoms with Crippen LogP contribution in [-0.4, -0.2) is 74.3 Å². The van der Waals surface area contributed by atoms with Crippen molar-refractivity contribution in [3.05, 3.63) is 53.6 Å². The van der Waals surface area contributed by atoms with Crippen LogP contribution in [0, 0.1) is 5.92 Å². The highest BCUT2D eigenvalue weighted by atomic mass is 16.7. The van der Waals surface area contributed by atoms with Crippen LogP contribution >= 0.6 is 0 Å². The lowest BCUT2D eigenvalue weighted by Crippen LogP contribution is -2.57. The van der Waals surface area contributed by atoms with Gasteiger partial charge in [-0.1, -0.05) is 24.3 Å². The lowest BCUT2D eigenvalue weighted by atomic mass is 9.90. The molecule has 1 fully saturated rings. The molecule has 2 atom stereocenters. The minimum absolute atomic E-state index is 0.184. The minimum atomic E-state index is -1.09. The van der Waals surface area contributed by atoms with E-state index in [4.69, 9.17) is 23.9 Å². The molecule has 10 nitrogen and oxygen atoms in total. The number of amides is 1. The number of fused-ring (bicyclic) bond motifs is 1. The maximum atomic E-state index is 13.2. The Morgan fingerprint density at radius 1 is 1.11 bits per heavy atom. The Balaban J connectivity index is 1.32. The Bertz CT molecular complexity index is 1160. The average molecular weight is 495 g/mol. The van der Waals surface area contributed by atoms with E-state index in [-0.39, 0.29) is 13.4 Å². The van der Waals surface area contributed by atoms with Crippen molar-refractivity contribution in [3.8, 4) is 17.2 Å². The van der Waals surface area contributed by atoms with Crippen LogP contribution in [0.1, 0.15) is 24.1 Å². The quantitative estimate of drug-likeness (QED) is 0.480. The van der Waals surface area contributed by atoms with Crippen molar-refractivity contribution >= 4 is 17.8 Å². The molecule has 2 aromatic carbocycles. The second kappa shape index (κ2) is 10.4. The summed E-state index contributed by atoms with van der Waals surface area (Å²) in [6.45, 7) is 5.92. The number of guanidine groups is 1. The molecule has 2 aromatic rings. The smallest absolute Gasteiger partial charge is 0.321 e. The molecule has 5 rings (SSSR count). The van der Waals surface area contributed by atoms with Crippen molar-refractivity contribution < 1.29 is 28.5 Å². The van der Waals surface area contributed by atoms with E-state index in [0.29, 0.717) is 30.4 Å². The maximum absolute atomic E-state index is 13.2. The summed E-state index contributed by atoms with van der Waals surface area (Å²) in [5, 5.41) is 2.85. The molecule has 0 radical (unpaired) electrons. The van der Waals surface area contributed by atoms with Crippen molar-refractivity contribution in [3.63, 3.8) is 0 Å². The van der Waals surface area contributed by atoms with E-state index in [0.717, 1.165) is 36.7 Å². The number of nitrogens with zero attached hydrogens (tertiary/aromatic N) is 3. The molecule has 0 saturated carbocycles. The molecule has 36 heavy (non-hydrogen) atoms. The van der Waals surface area contributed by atoms with Gasteiger partial charge in [0.25, 0.3) is 0 Å². The van der Waals surface area contributed by atoms with Crippen LogP contribution in [0.2, 0.25) is 0 Å². The summed E-state index contributed by atoms with van der Waals surface area (Å²) in [5.41, 5.74) is 1.83. The molecule has 0 bridgehead atoms. The second-order valence-electron chi connectivity index (χ2n) is 8.81. The standard InChI is InChI=1S/C26H30N4O6/c1-3-34-25(32)22-23(18-6-4-5-7-19(18)33-2)27-26(28-24(22)31)30-12-10-29(11-13-30)15-17-8-9-20-21(14-17)36-16-35-20/h4-9,14,22-23H,3,10-13,15-16H2,1-2H3,(H,27,28,31)/t22-,23+/m0/s1. The molecule has 190 valence electrons. The van der Waals surface area contributed by atoms with Crippen LogP contribution in [0.15, 0.2) is 47.5 Å². The third-order valence-corrected chi connectivity index (χ3v) is 6.61. The molecular formula is C26H30N4O6. The Kier molecular flexibility index (Phi) is 6.95. The number of benzene rings is 2. The Morgan fingerprint density at radius 2 is 1.89 bits per heavy atom. The van der Waals surface area contributed by atoms with Crippen LogP contribution < -0.4 is 19.5 Å². The van der Waals surface area contributed by atoms with Gasteiger partial charge in [-0.3, -0.25) is 19.8 Å². The first kappa shape index (κ1) is 23.9. The first-order valence-electron chi connectivity index (χ1n) is 12.1. The largest absolute Gasteiger partial charge is 0.496 e. The summed E-state index contributed by atoms with van der Waals surface area (Å²) in [6.07, 6.45) is 0. The van der Waals surface area contributed by atoms with E-state index in [1.54, 1.807) is 20.1 Å². The van der Waals surface area contributed by atoms with Crippen molar-refractivity contribution in [1.82, 2.24) is 15.1 Å². The van der Waals surface area contributed by atoms with Crippen LogP contribution in [0.3, 0.4) is 0 Å². The predicted octanol–water partition coefficient (Wildman–Crippen LogP) is 1.95. The number of rotatable bonds is 6. The summed E-state index contributed by atoms with van der Waals surface area (Å²) in [5.74, 6) is 0.503. The number of ether oxygens (including phenoxy) is 4.